The van der Waals surface area contributed by atoms with Crippen LogP contribution in [0.1, 0.15) is 25.7 Å². The minimum atomic E-state index is -0.467. The van der Waals surface area contributed by atoms with Crippen molar-refractivity contribution in [2.75, 3.05) is 0 Å². The number of aromatic amines is 1. The Bertz CT molecular complexity index is 238. The fourth-order valence-corrected chi connectivity index (χ4v) is 0.696. The SMILES string of the molecule is CCCCc1n[nH]c(=O)o1. The summed E-state index contributed by atoms with van der Waals surface area (Å²) >= 11 is 0. The molecule has 0 fully saturated rings. The lowest BCUT2D eigenvalue weighted by Crippen LogP contribution is -1.93. The van der Waals surface area contributed by atoms with E-state index in [1.54, 1.807) is 0 Å². The number of aryl methyl sites for hydroxylation is 1. The predicted octanol–water partition coefficient (Wildman–Crippen LogP) is 0.706. The van der Waals surface area contributed by atoms with Gasteiger partial charge in [-0.05, 0) is 6.42 Å². The Labute approximate surface area is 58.3 Å². The van der Waals surface area contributed by atoms with Crippen LogP contribution in [0.15, 0.2) is 9.21 Å². The maximum absolute atomic E-state index is 10.4. The third kappa shape index (κ3) is 1.72. The molecule has 56 valence electrons. The maximum atomic E-state index is 10.4. The van der Waals surface area contributed by atoms with Gasteiger partial charge in [0.15, 0.2) is 0 Å². The molecular formula is C6H10N2O2. The number of rotatable bonds is 3. The molecule has 1 aromatic rings. The van der Waals surface area contributed by atoms with Crippen LogP contribution >= 0.6 is 0 Å². The van der Waals surface area contributed by atoms with E-state index in [-0.39, 0.29) is 0 Å². The average Bonchev–Trinajstić information content (AvgIpc) is 2.31. The fourth-order valence-electron chi connectivity index (χ4n) is 0.696. The molecule has 0 aliphatic carbocycles. The molecule has 0 atom stereocenters. The molecule has 4 heteroatoms. The van der Waals surface area contributed by atoms with Crippen molar-refractivity contribution in [3.05, 3.63) is 16.4 Å². The smallest absolute Gasteiger partial charge is 0.393 e. The first kappa shape index (κ1) is 7.05. The van der Waals surface area contributed by atoms with Crippen molar-refractivity contribution in [1.82, 2.24) is 10.2 Å². The molecule has 0 aromatic carbocycles. The lowest BCUT2D eigenvalue weighted by Gasteiger charge is -1.87. The molecule has 0 saturated carbocycles. The molecule has 0 spiro atoms. The molecule has 0 unspecified atom stereocenters. The number of nitrogens with one attached hydrogen (secondary N) is 1. The zero-order chi connectivity index (χ0) is 7.40. The largest absolute Gasteiger partial charge is 0.434 e. The number of aromatic nitrogens is 2. The highest BCUT2D eigenvalue weighted by molar-refractivity contribution is 4.71. The van der Waals surface area contributed by atoms with Crippen molar-refractivity contribution < 1.29 is 4.42 Å². The monoisotopic (exact) mass is 142 g/mol. The molecule has 0 amide bonds. The first-order valence-electron chi connectivity index (χ1n) is 3.37. The van der Waals surface area contributed by atoms with Crippen LogP contribution in [0.2, 0.25) is 0 Å². The van der Waals surface area contributed by atoms with Crippen LogP contribution in [0.25, 0.3) is 0 Å². The van der Waals surface area contributed by atoms with Gasteiger partial charge in [-0.3, -0.25) is 0 Å². The van der Waals surface area contributed by atoms with Crippen LogP contribution in [0.5, 0.6) is 0 Å². The highest BCUT2D eigenvalue weighted by atomic mass is 16.4. The van der Waals surface area contributed by atoms with Crippen LogP contribution < -0.4 is 5.76 Å². The van der Waals surface area contributed by atoms with Crippen LogP contribution in [0.3, 0.4) is 0 Å². The van der Waals surface area contributed by atoms with Crippen molar-refractivity contribution in [2.45, 2.75) is 26.2 Å². The fraction of sp³-hybridized carbons (Fsp3) is 0.667. The van der Waals surface area contributed by atoms with Crippen molar-refractivity contribution in [1.29, 1.82) is 0 Å². The molecule has 10 heavy (non-hydrogen) atoms. The summed E-state index contributed by atoms with van der Waals surface area (Å²) in [6.45, 7) is 2.07. The van der Waals surface area contributed by atoms with Crippen LogP contribution in [0.4, 0.5) is 0 Å². The molecule has 0 aliphatic heterocycles. The quantitative estimate of drug-likeness (QED) is 0.676. The van der Waals surface area contributed by atoms with Crippen LogP contribution in [0, 0.1) is 0 Å². The van der Waals surface area contributed by atoms with Crippen molar-refractivity contribution in [3.8, 4) is 0 Å². The summed E-state index contributed by atoms with van der Waals surface area (Å²) in [5.74, 6) is 0.0398. The van der Waals surface area contributed by atoms with E-state index < -0.39 is 5.76 Å². The molecular weight excluding hydrogens is 132 g/mol. The van der Waals surface area contributed by atoms with Gasteiger partial charge in [-0.15, -0.1) is 5.10 Å². The number of H-pyrrole nitrogens is 1. The van der Waals surface area contributed by atoms with E-state index in [4.69, 9.17) is 0 Å². The second-order valence-electron chi connectivity index (χ2n) is 2.11. The van der Waals surface area contributed by atoms with Gasteiger partial charge in [0, 0.05) is 6.42 Å². The summed E-state index contributed by atoms with van der Waals surface area (Å²) in [6.07, 6.45) is 2.83. The Morgan fingerprint density at radius 1 is 1.70 bits per heavy atom. The molecule has 1 heterocycles. The predicted molar refractivity (Wildman–Crippen MR) is 35.7 cm³/mol. The first-order valence-corrected chi connectivity index (χ1v) is 3.37. The minimum Gasteiger partial charge on any atom is -0.393 e. The summed E-state index contributed by atoms with van der Waals surface area (Å²) in [5, 5.41) is 5.85. The molecule has 1 rings (SSSR count). The Morgan fingerprint density at radius 2 is 2.50 bits per heavy atom. The van der Waals surface area contributed by atoms with Crippen molar-refractivity contribution >= 4 is 0 Å². The van der Waals surface area contributed by atoms with E-state index in [0.29, 0.717) is 5.89 Å². The lowest BCUT2D eigenvalue weighted by atomic mass is 10.2. The van der Waals surface area contributed by atoms with E-state index in [2.05, 4.69) is 21.5 Å². The normalized spacial score (nSPS) is 10.1. The summed E-state index contributed by atoms with van der Waals surface area (Å²) in [6, 6.07) is 0. The summed E-state index contributed by atoms with van der Waals surface area (Å²) in [5.41, 5.74) is 0. The molecule has 1 aromatic heterocycles. The molecule has 0 radical (unpaired) electrons. The topological polar surface area (TPSA) is 58.9 Å². The van der Waals surface area contributed by atoms with Gasteiger partial charge < -0.3 is 4.42 Å². The van der Waals surface area contributed by atoms with Gasteiger partial charge in [-0.1, -0.05) is 13.3 Å². The Hall–Kier alpha value is -1.06. The zero-order valence-electron chi connectivity index (χ0n) is 5.89. The zero-order valence-corrected chi connectivity index (χ0v) is 5.89. The standard InChI is InChI=1S/C6H10N2O2/c1-2-3-4-5-7-8-6(9)10-5/h2-4H2,1H3,(H,8,9). The Kier molecular flexibility index (Phi) is 2.25. The van der Waals surface area contributed by atoms with Gasteiger partial charge in [-0.25, -0.2) is 9.89 Å². The third-order valence-corrected chi connectivity index (χ3v) is 1.23. The Balaban J connectivity index is 2.50. The first-order chi connectivity index (χ1) is 4.83. The summed E-state index contributed by atoms with van der Waals surface area (Å²) < 4.78 is 4.66. The van der Waals surface area contributed by atoms with Gasteiger partial charge >= 0.3 is 5.76 Å². The minimum absolute atomic E-state index is 0.467. The lowest BCUT2D eigenvalue weighted by molar-refractivity contribution is 0.455. The van der Waals surface area contributed by atoms with E-state index in [9.17, 15) is 4.79 Å². The van der Waals surface area contributed by atoms with Gasteiger partial charge in [0.05, 0.1) is 0 Å². The van der Waals surface area contributed by atoms with Crippen molar-refractivity contribution in [3.63, 3.8) is 0 Å². The molecule has 0 aliphatic rings. The van der Waals surface area contributed by atoms with E-state index >= 15 is 0 Å². The van der Waals surface area contributed by atoms with Gasteiger partial charge in [0.25, 0.3) is 0 Å². The highest BCUT2D eigenvalue weighted by Crippen LogP contribution is 1.96. The van der Waals surface area contributed by atoms with E-state index in [1.807, 2.05) is 0 Å². The van der Waals surface area contributed by atoms with Crippen molar-refractivity contribution in [2.24, 2.45) is 0 Å². The summed E-state index contributed by atoms with van der Waals surface area (Å²) in [7, 11) is 0. The van der Waals surface area contributed by atoms with Gasteiger partial charge in [-0.2, -0.15) is 0 Å². The molecule has 4 nitrogen and oxygen atoms in total. The van der Waals surface area contributed by atoms with Gasteiger partial charge in [0.2, 0.25) is 5.89 Å². The molecule has 0 saturated heterocycles. The second kappa shape index (κ2) is 3.20. The van der Waals surface area contributed by atoms with E-state index in [0.717, 1.165) is 19.3 Å². The van der Waals surface area contributed by atoms with Gasteiger partial charge in [0.1, 0.15) is 0 Å². The molecule has 0 bridgehead atoms. The number of unbranched alkanes of at least 4 members (excludes halogenated alkanes) is 1. The number of hydrogen-bond acceptors (Lipinski definition) is 3. The maximum Gasteiger partial charge on any atom is 0.434 e. The number of hydrogen-bond donors (Lipinski definition) is 1. The highest BCUT2D eigenvalue weighted by Gasteiger charge is 1.97. The Morgan fingerprint density at radius 3 is 3.00 bits per heavy atom. The summed E-state index contributed by atoms with van der Waals surface area (Å²) in [4.78, 5) is 10.4. The number of nitrogens with zero attached hydrogens (tertiary/aromatic N) is 1. The van der Waals surface area contributed by atoms with Crippen LogP contribution in [-0.2, 0) is 6.42 Å². The molecule has 1 N–H and O–H groups in total. The second-order valence-corrected chi connectivity index (χ2v) is 2.11. The van der Waals surface area contributed by atoms with E-state index in [1.165, 1.54) is 0 Å². The van der Waals surface area contributed by atoms with Crippen LogP contribution in [-0.4, -0.2) is 10.2 Å². The third-order valence-electron chi connectivity index (χ3n) is 1.23. The average molecular weight is 142 g/mol.